The maximum absolute atomic E-state index is 12.1. The fourth-order valence-corrected chi connectivity index (χ4v) is 2.05. The number of pyridine rings is 1. The SMILES string of the molecule is Cc1onc2c1c(=O)n(C)c1ccccc21. The van der Waals surface area contributed by atoms with Crippen LogP contribution in [0.25, 0.3) is 21.8 Å². The van der Waals surface area contributed by atoms with Crippen molar-refractivity contribution in [3.05, 3.63) is 40.4 Å². The van der Waals surface area contributed by atoms with Gasteiger partial charge in [0.2, 0.25) is 0 Å². The van der Waals surface area contributed by atoms with Crippen LogP contribution in [0.1, 0.15) is 5.76 Å². The van der Waals surface area contributed by atoms with E-state index in [1.807, 2.05) is 24.3 Å². The smallest absolute Gasteiger partial charge is 0.263 e. The molecule has 0 saturated heterocycles. The molecule has 0 amide bonds. The molecule has 0 aliphatic rings. The second kappa shape index (κ2) is 2.95. The first-order valence-corrected chi connectivity index (χ1v) is 5.04. The molecule has 0 fully saturated rings. The number of hydrogen-bond acceptors (Lipinski definition) is 3. The zero-order valence-electron chi connectivity index (χ0n) is 9.02. The van der Waals surface area contributed by atoms with Crippen molar-refractivity contribution < 1.29 is 4.52 Å². The summed E-state index contributed by atoms with van der Waals surface area (Å²) in [6, 6.07) is 7.68. The molecule has 0 saturated carbocycles. The quantitative estimate of drug-likeness (QED) is 0.575. The molecule has 0 atom stereocenters. The standard InChI is InChI=1S/C12H10N2O2/c1-7-10-11(13-16-7)8-5-3-4-6-9(8)14(2)12(10)15/h3-6H,1-2H3. The third-order valence-corrected chi connectivity index (χ3v) is 2.90. The summed E-state index contributed by atoms with van der Waals surface area (Å²) >= 11 is 0. The predicted molar refractivity (Wildman–Crippen MR) is 61.5 cm³/mol. The number of nitrogens with zero attached hydrogens (tertiary/aromatic N) is 2. The molecular weight excluding hydrogens is 204 g/mol. The number of para-hydroxylation sites is 1. The van der Waals surface area contributed by atoms with E-state index in [2.05, 4.69) is 5.16 Å². The lowest BCUT2D eigenvalue weighted by atomic mass is 10.1. The van der Waals surface area contributed by atoms with Crippen molar-refractivity contribution in [3.63, 3.8) is 0 Å². The second-order valence-electron chi connectivity index (χ2n) is 3.84. The summed E-state index contributed by atoms with van der Waals surface area (Å²) in [5.41, 5.74) is 1.46. The summed E-state index contributed by atoms with van der Waals surface area (Å²) in [6.07, 6.45) is 0. The van der Waals surface area contributed by atoms with E-state index in [4.69, 9.17) is 4.52 Å². The summed E-state index contributed by atoms with van der Waals surface area (Å²) in [4.78, 5) is 12.1. The van der Waals surface area contributed by atoms with Crippen LogP contribution in [0.4, 0.5) is 0 Å². The first-order chi connectivity index (χ1) is 7.70. The second-order valence-corrected chi connectivity index (χ2v) is 3.84. The van der Waals surface area contributed by atoms with E-state index >= 15 is 0 Å². The van der Waals surface area contributed by atoms with Crippen LogP contribution in [0.15, 0.2) is 33.6 Å². The van der Waals surface area contributed by atoms with E-state index in [-0.39, 0.29) is 5.56 Å². The Balaban J connectivity index is 2.76. The van der Waals surface area contributed by atoms with Gasteiger partial charge in [-0.2, -0.15) is 0 Å². The lowest BCUT2D eigenvalue weighted by Gasteiger charge is -2.04. The fourth-order valence-electron chi connectivity index (χ4n) is 2.05. The van der Waals surface area contributed by atoms with Gasteiger partial charge in [0.1, 0.15) is 16.7 Å². The first-order valence-electron chi connectivity index (χ1n) is 5.04. The van der Waals surface area contributed by atoms with E-state index in [1.54, 1.807) is 18.5 Å². The zero-order valence-corrected chi connectivity index (χ0v) is 9.02. The predicted octanol–water partition coefficient (Wildman–Crippen LogP) is 1.99. The molecule has 3 rings (SSSR count). The summed E-state index contributed by atoms with van der Waals surface area (Å²) in [6.45, 7) is 1.76. The van der Waals surface area contributed by atoms with E-state index < -0.39 is 0 Å². The van der Waals surface area contributed by atoms with Crippen LogP contribution in [0.2, 0.25) is 0 Å². The van der Waals surface area contributed by atoms with Gasteiger partial charge in [0.25, 0.3) is 5.56 Å². The van der Waals surface area contributed by atoms with E-state index in [1.165, 1.54) is 0 Å². The van der Waals surface area contributed by atoms with Crippen LogP contribution >= 0.6 is 0 Å². The highest BCUT2D eigenvalue weighted by Crippen LogP contribution is 2.22. The summed E-state index contributed by atoms with van der Waals surface area (Å²) in [5.74, 6) is 0.571. The van der Waals surface area contributed by atoms with Crippen molar-refractivity contribution in [1.29, 1.82) is 0 Å². The topological polar surface area (TPSA) is 48.0 Å². The highest BCUT2D eigenvalue weighted by atomic mass is 16.5. The van der Waals surface area contributed by atoms with Crippen molar-refractivity contribution in [1.82, 2.24) is 9.72 Å². The summed E-state index contributed by atoms with van der Waals surface area (Å²) in [5, 5.41) is 5.47. The molecule has 3 aromatic rings. The Kier molecular flexibility index (Phi) is 1.68. The zero-order chi connectivity index (χ0) is 11.3. The lowest BCUT2D eigenvalue weighted by Crippen LogP contribution is -2.17. The first kappa shape index (κ1) is 9.15. The van der Waals surface area contributed by atoms with Gasteiger partial charge in [-0.15, -0.1) is 0 Å². The van der Waals surface area contributed by atoms with Gasteiger partial charge in [-0.3, -0.25) is 4.79 Å². The number of fused-ring (bicyclic) bond motifs is 3. The minimum atomic E-state index is -0.0625. The molecule has 0 radical (unpaired) electrons. The third kappa shape index (κ3) is 0.984. The van der Waals surface area contributed by atoms with Gasteiger partial charge < -0.3 is 9.09 Å². The van der Waals surface area contributed by atoms with Crippen LogP contribution in [0.5, 0.6) is 0 Å². The monoisotopic (exact) mass is 214 g/mol. The summed E-state index contributed by atoms with van der Waals surface area (Å²) < 4.78 is 6.72. The molecule has 0 unspecified atom stereocenters. The molecule has 0 spiro atoms. The van der Waals surface area contributed by atoms with Crippen molar-refractivity contribution in [2.45, 2.75) is 6.92 Å². The molecule has 4 heteroatoms. The van der Waals surface area contributed by atoms with Gasteiger partial charge in [0.15, 0.2) is 0 Å². The molecule has 4 nitrogen and oxygen atoms in total. The Hall–Kier alpha value is -2.10. The van der Waals surface area contributed by atoms with Crippen molar-refractivity contribution in [2.24, 2.45) is 7.05 Å². The van der Waals surface area contributed by atoms with Crippen LogP contribution in [0.3, 0.4) is 0 Å². The minimum absolute atomic E-state index is 0.0625. The van der Waals surface area contributed by atoms with Gasteiger partial charge in [-0.05, 0) is 13.0 Å². The highest BCUT2D eigenvalue weighted by molar-refractivity contribution is 6.03. The number of rotatable bonds is 0. The fraction of sp³-hybridized carbons (Fsp3) is 0.167. The Morgan fingerprint density at radius 2 is 2.06 bits per heavy atom. The Morgan fingerprint density at radius 3 is 2.88 bits per heavy atom. The van der Waals surface area contributed by atoms with Crippen molar-refractivity contribution >= 4 is 21.8 Å². The Labute approximate surface area is 91.1 Å². The molecule has 2 aromatic heterocycles. The van der Waals surface area contributed by atoms with Crippen molar-refractivity contribution in [2.75, 3.05) is 0 Å². The number of hydrogen-bond donors (Lipinski definition) is 0. The van der Waals surface area contributed by atoms with Gasteiger partial charge in [-0.25, -0.2) is 0 Å². The molecular formula is C12H10N2O2. The Morgan fingerprint density at radius 1 is 1.31 bits per heavy atom. The normalized spacial score (nSPS) is 11.4. The maximum Gasteiger partial charge on any atom is 0.263 e. The Bertz CT molecular complexity index is 753. The lowest BCUT2D eigenvalue weighted by molar-refractivity contribution is 0.406. The van der Waals surface area contributed by atoms with E-state index in [9.17, 15) is 4.79 Å². The molecule has 80 valence electrons. The molecule has 0 bridgehead atoms. The summed E-state index contributed by atoms with van der Waals surface area (Å²) in [7, 11) is 1.76. The van der Waals surface area contributed by atoms with Gasteiger partial charge >= 0.3 is 0 Å². The minimum Gasteiger partial charge on any atom is -0.360 e. The van der Waals surface area contributed by atoms with Crippen LogP contribution < -0.4 is 5.56 Å². The molecule has 0 aliphatic carbocycles. The molecule has 2 heterocycles. The molecule has 1 aromatic carbocycles. The maximum atomic E-state index is 12.1. The van der Waals surface area contributed by atoms with Crippen LogP contribution in [-0.4, -0.2) is 9.72 Å². The van der Waals surface area contributed by atoms with Crippen LogP contribution in [-0.2, 0) is 7.05 Å². The number of aromatic nitrogens is 2. The molecule has 0 N–H and O–H groups in total. The van der Waals surface area contributed by atoms with Crippen LogP contribution in [0, 0.1) is 6.92 Å². The largest absolute Gasteiger partial charge is 0.360 e. The van der Waals surface area contributed by atoms with Crippen molar-refractivity contribution in [3.8, 4) is 0 Å². The van der Waals surface area contributed by atoms with Gasteiger partial charge in [0.05, 0.1) is 5.52 Å². The average Bonchev–Trinajstić information content (AvgIpc) is 2.69. The highest BCUT2D eigenvalue weighted by Gasteiger charge is 2.14. The number of benzene rings is 1. The average molecular weight is 214 g/mol. The van der Waals surface area contributed by atoms with E-state index in [0.717, 1.165) is 10.9 Å². The van der Waals surface area contributed by atoms with Gasteiger partial charge in [0, 0.05) is 12.4 Å². The third-order valence-electron chi connectivity index (χ3n) is 2.90. The van der Waals surface area contributed by atoms with E-state index in [0.29, 0.717) is 16.7 Å². The number of aryl methyl sites for hydroxylation is 2. The van der Waals surface area contributed by atoms with Gasteiger partial charge in [-0.1, -0.05) is 23.4 Å². The molecule has 16 heavy (non-hydrogen) atoms. The molecule has 0 aliphatic heterocycles.